The fourth-order valence-corrected chi connectivity index (χ4v) is 3.40. The summed E-state index contributed by atoms with van der Waals surface area (Å²) in [5.41, 5.74) is 3.31. The van der Waals surface area contributed by atoms with E-state index in [1.165, 1.54) is 30.8 Å². The van der Waals surface area contributed by atoms with Gasteiger partial charge in [-0.25, -0.2) is 0 Å². The molecular weight excluding hydrogens is 350 g/mol. The summed E-state index contributed by atoms with van der Waals surface area (Å²) in [6.45, 7) is 1.11. The lowest BCUT2D eigenvalue weighted by atomic mass is 9.97. The zero-order chi connectivity index (χ0) is 19.8. The molecule has 1 aromatic heterocycles. The van der Waals surface area contributed by atoms with Gasteiger partial charge in [0.1, 0.15) is 0 Å². The molecule has 3 rings (SSSR count). The number of nitrogens with one attached hydrogen (secondary N) is 1. The van der Waals surface area contributed by atoms with Gasteiger partial charge < -0.3 is 10.2 Å². The van der Waals surface area contributed by atoms with Gasteiger partial charge >= 0.3 is 0 Å². The lowest BCUT2D eigenvalue weighted by Crippen LogP contribution is -2.28. The quantitative estimate of drug-likeness (QED) is 0.743. The number of pyridine rings is 1. The highest BCUT2D eigenvalue weighted by Crippen LogP contribution is 2.19. The van der Waals surface area contributed by atoms with Gasteiger partial charge in [-0.2, -0.15) is 0 Å². The second-order valence-corrected chi connectivity index (χ2v) is 7.22. The number of hydrogen-bond acceptors (Lipinski definition) is 3. The fraction of sp³-hybridized carbons (Fsp3) is 0.348. The summed E-state index contributed by atoms with van der Waals surface area (Å²) in [4.78, 5) is 30.8. The van der Waals surface area contributed by atoms with E-state index in [0.29, 0.717) is 24.2 Å². The number of benzene rings is 1. The molecule has 0 saturated heterocycles. The topological polar surface area (TPSA) is 62.3 Å². The van der Waals surface area contributed by atoms with Crippen molar-refractivity contribution in [3.8, 4) is 0 Å². The summed E-state index contributed by atoms with van der Waals surface area (Å²) < 4.78 is 0. The van der Waals surface area contributed by atoms with E-state index < -0.39 is 0 Å². The molecule has 1 aliphatic rings. The lowest BCUT2D eigenvalue weighted by molar-refractivity contribution is 0.0784. The molecule has 0 unspecified atom stereocenters. The molecule has 146 valence electrons. The van der Waals surface area contributed by atoms with E-state index in [0.717, 1.165) is 24.8 Å². The van der Waals surface area contributed by atoms with Gasteiger partial charge in [0.15, 0.2) is 0 Å². The SMILES string of the molecule is CN(Cc1ccccc1)C(=O)c1cncc(C(=O)NCCC2=CCCCC2)c1. The average molecular weight is 377 g/mol. The molecule has 1 aliphatic carbocycles. The maximum Gasteiger partial charge on any atom is 0.255 e. The molecule has 28 heavy (non-hydrogen) atoms. The van der Waals surface area contributed by atoms with Gasteiger partial charge in [0, 0.05) is 32.5 Å². The van der Waals surface area contributed by atoms with Crippen molar-refractivity contribution in [3.63, 3.8) is 0 Å². The summed E-state index contributed by atoms with van der Waals surface area (Å²) in [5, 5.41) is 2.94. The molecule has 5 nitrogen and oxygen atoms in total. The first-order valence-electron chi connectivity index (χ1n) is 9.84. The van der Waals surface area contributed by atoms with Gasteiger partial charge in [0.25, 0.3) is 11.8 Å². The predicted octanol–water partition coefficient (Wildman–Crippen LogP) is 3.97. The summed E-state index contributed by atoms with van der Waals surface area (Å²) in [6.07, 6.45) is 11.0. The number of hydrogen-bond donors (Lipinski definition) is 1. The molecule has 0 atom stereocenters. The first kappa shape index (κ1) is 19.8. The molecule has 1 aromatic carbocycles. The number of nitrogens with zero attached hydrogens (tertiary/aromatic N) is 2. The van der Waals surface area contributed by atoms with Crippen LogP contribution in [0.1, 0.15) is 58.4 Å². The Hall–Kier alpha value is -2.95. The average Bonchev–Trinajstić information content (AvgIpc) is 2.74. The van der Waals surface area contributed by atoms with E-state index in [1.807, 2.05) is 30.3 Å². The van der Waals surface area contributed by atoms with E-state index >= 15 is 0 Å². The zero-order valence-electron chi connectivity index (χ0n) is 16.4. The third-order valence-corrected chi connectivity index (χ3v) is 4.97. The molecule has 0 spiro atoms. The van der Waals surface area contributed by atoms with E-state index in [-0.39, 0.29) is 11.8 Å². The van der Waals surface area contributed by atoms with Crippen LogP contribution in [0.4, 0.5) is 0 Å². The van der Waals surface area contributed by atoms with Crippen LogP contribution in [0.5, 0.6) is 0 Å². The molecule has 0 aliphatic heterocycles. The Morgan fingerprint density at radius 2 is 1.89 bits per heavy atom. The second kappa shape index (κ2) is 9.83. The third kappa shape index (κ3) is 5.52. The van der Waals surface area contributed by atoms with E-state index in [4.69, 9.17) is 0 Å². The minimum absolute atomic E-state index is 0.154. The largest absolute Gasteiger partial charge is 0.352 e. The number of allylic oxidation sites excluding steroid dienone is 1. The van der Waals surface area contributed by atoms with Gasteiger partial charge in [-0.15, -0.1) is 0 Å². The molecule has 0 saturated carbocycles. The maximum absolute atomic E-state index is 12.7. The number of carbonyl (C=O) groups is 2. The Morgan fingerprint density at radius 1 is 1.11 bits per heavy atom. The first-order valence-corrected chi connectivity index (χ1v) is 9.84. The van der Waals surface area contributed by atoms with Crippen molar-refractivity contribution in [3.05, 3.63) is 77.1 Å². The van der Waals surface area contributed by atoms with Crippen LogP contribution >= 0.6 is 0 Å². The summed E-state index contributed by atoms with van der Waals surface area (Å²) >= 11 is 0. The number of amides is 2. The highest BCUT2D eigenvalue weighted by molar-refractivity contribution is 5.99. The van der Waals surface area contributed by atoms with Gasteiger partial charge in [0.2, 0.25) is 0 Å². The number of carbonyl (C=O) groups excluding carboxylic acids is 2. The zero-order valence-corrected chi connectivity index (χ0v) is 16.4. The van der Waals surface area contributed by atoms with Crippen LogP contribution in [0.15, 0.2) is 60.4 Å². The van der Waals surface area contributed by atoms with Crippen molar-refractivity contribution in [2.24, 2.45) is 0 Å². The van der Waals surface area contributed by atoms with Crippen LogP contribution < -0.4 is 5.32 Å². The molecule has 1 heterocycles. The van der Waals surface area contributed by atoms with Gasteiger partial charge in [-0.1, -0.05) is 42.0 Å². The van der Waals surface area contributed by atoms with Crippen LogP contribution in [0.25, 0.3) is 0 Å². The summed E-state index contributed by atoms with van der Waals surface area (Å²) in [5.74, 6) is -0.345. The Labute approximate surface area is 166 Å². The smallest absolute Gasteiger partial charge is 0.255 e. The van der Waals surface area contributed by atoms with Crippen molar-refractivity contribution < 1.29 is 9.59 Å². The Morgan fingerprint density at radius 3 is 2.64 bits per heavy atom. The molecule has 5 heteroatoms. The molecule has 0 bridgehead atoms. The Kier molecular flexibility index (Phi) is 6.95. The third-order valence-electron chi connectivity index (χ3n) is 4.97. The summed E-state index contributed by atoms with van der Waals surface area (Å²) in [6, 6.07) is 11.4. The first-order chi connectivity index (χ1) is 13.6. The molecule has 2 aromatic rings. The van der Waals surface area contributed by atoms with Crippen LogP contribution in [0, 0.1) is 0 Å². The van der Waals surface area contributed by atoms with Crippen molar-refractivity contribution in [2.75, 3.05) is 13.6 Å². The van der Waals surface area contributed by atoms with Crippen molar-refractivity contribution >= 4 is 11.8 Å². The van der Waals surface area contributed by atoms with Crippen molar-refractivity contribution in [1.29, 1.82) is 0 Å². The summed E-state index contributed by atoms with van der Waals surface area (Å²) in [7, 11) is 1.75. The van der Waals surface area contributed by atoms with Crippen molar-refractivity contribution in [2.45, 2.75) is 38.6 Å². The minimum atomic E-state index is -0.190. The molecule has 0 fully saturated rings. The highest BCUT2D eigenvalue weighted by atomic mass is 16.2. The monoisotopic (exact) mass is 377 g/mol. The molecule has 2 amide bonds. The van der Waals surface area contributed by atoms with E-state index in [2.05, 4.69) is 16.4 Å². The number of rotatable bonds is 7. The molecule has 1 N–H and O–H groups in total. The van der Waals surface area contributed by atoms with Crippen molar-refractivity contribution in [1.82, 2.24) is 15.2 Å². The van der Waals surface area contributed by atoms with Gasteiger partial charge in [-0.3, -0.25) is 14.6 Å². The van der Waals surface area contributed by atoms with Crippen LogP contribution in [0.3, 0.4) is 0 Å². The standard InChI is InChI=1S/C23H27N3O2/c1-26(17-19-10-6-3-7-11-19)23(28)21-14-20(15-24-16-21)22(27)25-13-12-18-8-4-2-5-9-18/h3,6-8,10-11,14-16H,2,4-5,9,12-13,17H2,1H3,(H,25,27). The fourth-order valence-electron chi connectivity index (χ4n) is 3.40. The van der Waals surface area contributed by atoms with Gasteiger partial charge in [0.05, 0.1) is 11.1 Å². The molecule has 0 radical (unpaired) electrons. The number of aromatic nitrogens is 1. The van der Waals surface area contributed by atoms with Crippen LogP contribution in [0.2, 0.25) is 0 Å². The van der Waals surface area contributed by atoms with Crippen LogP contribution in [-0.4, -0.2) is 35.3 Å². The van der Waals surface area contributed by atoms with Gasteiger partial charge in [-0.05, 0) is 43.7 Å². The maximum atomic E-state index is 12.7. The molecular formula is C23H27N3O2. The van der Waals surface area contributed by atoms with E-state index in [9.17, 15) is 9.59 Å². The minimum Gasteiger partial charge on any atom is -0.352 e. The predicted molar refractivity (Wildman–Crippen MR) is 110 cm³/mol. The van der Waals surface area contributed by atoms with Crippen LogP contribution in [-0.2, 0) is 6.54 Å². The van der Waals surface area contributed by atoms with E-state index in [1.54, 1.807) is 18.0 Å². The Bertz CT molecular complexity index is 846. The second-order valence-electron chi connectivity index (χ2n) is 7.22. The lowest BCUT2D eigenvalue weighted by Gasteiger charge is -2.17. The Balaban J connectivity index is 1.57. The normalized spacial score (nSPS) is 13.5. The highest BCUT2D eigenvalue weighted by Gasteiger charge is 2.15.